The van der Waals surface area contributed by atoms with Crippen molar-refractivity contribution in [3.63, 3.8) is 0 Å². The Kier molecular flexibility index (Phi) is 4.18. The van der Waals surface area contributed by atoms with E-state index in [9.17, 15) is 0 Å². The van der Waals surface area contributed by atoms with Gasteiger partial charge in [0, 0.05) is 18.5 Å². The van der Waals surface area contributed by atoms with Crippen molar-refractivity contribution in [1.82, 2.24) is 4.90 Å². The topological polar surface area (TPSA) is 30.9 Å². The minimum Gasteiger partial charge on any atom is -0.454 e. The number of ether oxygens (including phenoxy) is 3. The number of fused-ring (bicyclic) bond motifs is 1. The van der Waals surface area contributed by atoms with Gasteiger partial charge in [0.1, 0.15) is 6.10 Å². The van der Waals surface area contributed by atoms with Crippen LogP contribution in [0.3, 0.4) is 0 Å². The van der Waals surface area contributed by atoms with Crippen LogP contribution in [0.4, 0.5) is 0 Å². The molecule has 4 nitrogen and oxygen atoms in total. The number of hydrogen-bond acceptors (Lipinski definition) is 4. The van der Waals surface area contributed by atoms with Gasteiger partial charge in [-0.2, -0.15) is 0 Å². The van der Waals surface area contributed by atoms with Crippen molar-refractivity contribution in [3.05, 3.63) is 95.5 Å². The molecule has 0 aromatic heterocycles. The summed E-state index contributed by atoms with van der Waals surface area (Å²) in [6.07, 6.45) is -2.28. The SMILES string of the molecule is [2H]c1c([2H])c(C([2H])([2H])C([2H])([2H])N2CCC[C@@H](OC(c3ccccc3)c3ccccc3)C2)c([2H])c2c1OCO2. The van der Waals surface area contributed by atoms with Crippen LogP contribution in [0.1, 0.15) is 45.2 Å². The zero-order valence-electron chi connectivity index (χ0n) is 24.1. The molecule has 5 rings (SSSR count). The Balaban J connectivity index is 1.43. The van der Waals surface area contributed by atoms with E-state index >= 15 is 0 Å². The molecule has 160 valence electrons. The summed E-state index contributed by atoms with van der Waals surface area (Å²) < 4.78 is 77.5. The zero-order chi connectivity index (χ0) is 27.1. The molecule has 4 heteroatoms. The van der Waals surface area contributed by atoms with E-state index < -0.39 is 36.6 Å². The first-order chi connectivity index (χ1) is 18.1. The van der Waals surface area contributed by atoms with E-state index in [0.29, 0.717) is 12.8 Å². The van der Waals surface area contributed by atoms with Crippen LogP contribution < -0.4 is 9.47 Å². The van der Waals surface area contributed by atoms with Crippen LogP contribution in [0.5, 0.6) is 11.5 Å². The maximum Gasteiger partial charge on any atom is 0.231 e. The fourth-order valence-corrected chi connectivity index (χ4v) is 3.87. The fourth-order valence-electron chi connectivity index (χ4n) is 3.87. The van der Waals surface area contributed by atoms with E-state index in [1.165, 1.54) is 4.90 Å². The maximum atomic E-state index is 8.88. The summed E-state index contributed by atoms with van der Waals surface area (Å²) >= 11 is 0. The molecule has 0 unspecified atom stereocenters. The van der Waals surface area contributed by atoms with Gasteiger partial charge < -0.3 is 19.1 Å². The van der Waals surface area contributed by atoms with E-state index in [1.807, 2.05) is 60.7 Å². The fraction of sp³-hybridized carbons (Fsp3) is 0.333. The highest BCUT2D eigenvalue weighted by molar-refractivity contribution is 5.44. The van der Waals surface area contributed by atoms with Crippen LogP contribution in [0.25, 0.3) is 0 Å². The van der Waals surface area contributed by atoms with Crippen molar-refractivity contribution < 1.29 is 23.8 Å². The summed E-state index contributed by atoms with van der Waals surface area (Å²) in [4.78, 5) is 1.39. The number of piperidine rings is 1. The number of benzene rings is 3. The van der Waals surface area contributed by atoms with Gasteiger partial charge in [0.2, 0.25) is 6.79 Å². The zero-order valence-corrected chi connectivity index (χ0v) is 17.1. The third kappa shape index (κ3) is 4.92. The lowest BCUT2D eigenvalue weighted by Crippen LogP contribution is -2.41. The molecule has 1 fully saturated rings. The molecule has 1 atom stereocenters. The monoisotopic (exact) mass is 422 g/mol. The second kappa shape index (κ2) is 9.54. The molecule has 2 aliphatic rings. The van der Waals surface area contributed by atoms with Crippen LogP contribution >= 0.6 is 0 Å². The summed E-state index contributed by atoms with van der Waals surface area (Å²) in [5.74, 6) is -0.214. The predicted octanol–water partition coefficient (Wildman–Crippen LogP) is 5.23. The lowest BCUT2D eigenvalue weighted by Gasteiger charge is -2.35. The molecular weight excluding hydrogens is 386 g/mol. The molecule has 3 aromatic rings. The Bertz CT molecular complexity index is 1250. The smallest absolute Gasteiger partial charge is 0.231 e. The average Bonchev–Trinajstić information content (AvgIpc) is 3.42. The summed E-state index contributed by atoms with van der Waals surface area (Å²) in [6.45, 7) is -2.43. The first kappa shape index (κ1) is 13.6. The summed E-state index contributed by atoms with van der Waals surface area (Å²) in [5.41, 5.74) is 1.41. The molecule has 2 aliphatic heterocycles. The van der Waals surface area contributed by atoms with Gasteiger partial charge in [-0.15, -0.1) is 0 Å². The van der Waals surface area contributed by atoms with Crippen LogP contribution in [0.2, 0.25) is 0 Å². The summed E-state index contributed by atoms with van der Waals surface area (Å²) in [7, 11) is 0. The first-order valence-electron chi connectivity index (χ1n) is 14.0. The minimum absolute atomic E-state index is 0.0839. The lowest BCUT2D eigenvalue weighted by molar-refractivity contribution is -0.0330. The van der Waals surface area contributed by atoms with Gasteiger partial charge in [-0.25, -0.2) is 0 Å². The van der Waals surface area contributed by atoms with Crippen molar-refractivity contribution in [3.8, 4) is 11.5 Å². The number of rotatable bonds is 7. The van der Waals surface area contributed by atoms with Crippen molar-refractivity contribution in [2.75, 3.05) is 26.4 Å². The Morgan fingerprint density at radius 1 is 1.00 bits per heavy atom. The van der Waals surface area contributed by atoms with Crippen LogP contribution in [-0.2, 0) is 11.1 Å². The minimum atomic E-state index is -2.79. The largest absolute Gasteiger partial charge is 0.454 e. The standard InChI is InChI=1S/C27H29NO3/c1-3-8-22(9-4-1)27(23-10-5-2-6-11-23)31-24-12-7-16-28(19-24)17-15-21-13-14-25-26(18-21)30-20-29-25/h1-6,8-11,13-14,18,24,27H,7,12,15-17,19-20H2/t24-/m1/s1/i13D,14D,15D2,17D2,18D. The van der Waals surface area contributed by atoms with E-state index in [-0.39, 0.29) is 43.6 Å². The molecule has 31 heavy (non-hydrogen) atoms. The molecular formula is C27H29NO3. The third-order valence-electron chi connectivity index (χ3n) is 5.40. The summed E-state index contributed by atoms with van der Waals surface area (Å²) in [5, 5.41) is 0. The molecule has 0 radical (unpaired) electrons. The molecule has 0 aliphatic carbocycles. The molecule has 0 spiro atoms. The van der Waals surface area contributed by atoms with Gasteiger partial charge >= 0.3 is 0 Å². The lowest BCUT2D eigenvalue weighted by atomic mass is 10.00. The Morgan fingerprint density at radius 2 is 1.71 bits per heavy atom. The van der Waals surface area contributed by atoms with Crippen molar-refractivity contribution >= 4 is 0 Å². The van der Waals surface area contributed by atoms with Crippen LogP contribution in [0.15, 0.2) is 78.8 Å². The number of hydrogen-bond donors (Lipinski definition) is 0. The first-order valence-corrected chi connectivity index (χ1v) is 10.5. The third-order valence-corrected chi connectivity index (χ3v) is 5.40. The van der Waals surface area contributed by atoms with Crippen molar-refractivity contribution in [2.24, 2.45) is 0 Å². The van der Waals surface area contributed by atoms with Gasteiger partial charge in [-0.1, -0.05) is 66.7 Å². The summed E-state index contributed by atoms with van der Waals surface area (Å²) in [6, 6.07) is 18.1. The van der Waals surface area contributed by atoms with Gasteiger partial charge in [0.15, 0.2) is 11.5 Å². The highest BCUT2D eigenvalue weighted by Gasteiger charge is 2.25. The van der Waals surface area contributed by atoms with Crippen LogP contribution in [0, 0.1) is 0 Å². The number of nitrogens with zero attached hydrogens (tertiary/aromatic N) is 1. The van der Waals surface area contributed by atoms with E-state index in [2.05, 4.69) is 0 Å². The second-order valence-electron chi connectivity index (χ2n) is 7.60. The normalized spacial score (nSPS) is 22.6. The Labute approximate surface area is 194 Å². The number of likely N-dealkylation sites (tertiary alicyclic amines) is 1. The Hall–Kier alpha value is -2.82. The molecule has 0 saturated carbocycles. The van der Waals surface area contributed by atoms with Gasteiger partial charge in [0.05, 0.1) is 10.2 Å². The van der Waals surface area contributed by atoms with Crippen molar-refractivity contribution in [2.45, 2.75) is 31.4 Å². The van der Waals surface area contributed by atoms with Gasteiger partial charge in [-0.05, 0) is 54.5 Å². The molecule has 2 heterocycles. The van der Waals surface area contributed by atoms with E-state index in [4.69, 9.17) is 23.8 Å². The molecule has 0 amide bonds. The second-order valence-corrected chi connectivity index (χ2v) is 7.60. The van der Waals surface area contributed by atoms with Gasteiger partial charge in [-0.3, -0.25) is 0 Å². The predicted molar refractivity (Wildman–Crippen MR) is 122 cm³/mol. The Morgan fingerprint density at radius 3 is 2.45 bits per heavy atom. The average molecular weight is 423 g/mol. The van der Waals surface area contributed by atoms with Crippen molar-refractivity contribution in [1.29, 1.82) is 0 Å². The highest BCUT2D eigenvalue weighted by atomic mass is 16.7. The van der Waals surface area contributed by atoms with E-state index in [0.717, 1.165) is 11.1 Å². The highest BCUT2D eigenvalue weighted by Crippen LogP contribution is 2.33. The quantitative estimate of drug-likeness (QED) is 0.522. The van der Waals surface area contributed by atoms with Gasteiger partial charge in [0.25, 0.3) is 0 Å². The van der Waals surface area contributed by atoms with Crippen LogP contribution in [-0.4, -0.2) is 37.4 Å². The molecule has 1 saturated heterocycles. The molecule has 0 N–H and O–H groups in total. The van der Waals surface area contributed by atoms with E-state index in [1.54, 1.807) is 0 Å². The molecule has 3 aromatic carbocycles. The maximum absolute atomic E-state index is 8.88. The molecule has 0 bridgehead atoms.